The Hall–Kier alpha value is -3.72. The first-order valence-electron chi connectivity index (χ1n) is 11.3. The fourth-order valence-electron chi connectivity index (χ4n) is 4.02. The SMILES string of the molecule is CC(C)(CCNC(=O)Cc1csc(NC(=O)OCC2c3ccccc3-c3ccccc32)n1)C(=O)O. The zero-order chi connectivity index (χ0) is 25.0. The number of rotatable bonds is 9. The molecular weight excluding hydrogens is 466 g/mol. The summed E-state index contributed by atoms with van der Waals surface area (Å²) in [6, 6.07) is 16.2. The Bertz CT molecular complexity index is 1210. The third-order valence-corrected chi connectivity index (χ3v) is 6.90. The molecule has 0 fully saturated rings. The second-order valence-corrected chi connectivity index (χ2v) is 9.92. The molecule has 1 aromatic heterocycles. The van der Waals surface area contributed by atoms with Gasteiger partial charge in [0, 0.05) is 17.8 Å². The Morgan fingerprint density at radius 2 is 1.69 bits per heavy atom. The molecule has 9 heteroatoms. The fraction of sp³-hybridized carbons (Fsp3) is 0.308. The summed E-state index contributed by atoms with van der Waals surface area (Å²) in [5.41, 5.74) is 4.19. The number of hydrogen-bond acceptors (Lipinski definition) is 6. The first-order valence-corrected chi connectivity index (χ1v) is 12.2. The number of carbonyl (C=O) groups is 3. The molecular formula is C26H27N3O5S. The Morgan fingerprint density at radius 3 is 2.31 bits per heavy atom. The normalized spacial score (nSPS) is 12.5. The van der Waals surface area contributed by atoms with E-state index in [1.54, 1.807) is 19.2 Å². The van der Waals surface area contributed by atoms with E-state index in [1.165, 1.54) is 11.3 Å². The number of ether oxygens (including phenoxy) is 1. The molecule has 8 nitrogen and oxygen atoms in total. The van der Waals surface area contributed by atoms with E-state index in [1.807, 2.05) is 24.3 Å². The largest absolute Gasteiger partial charge is 0.481 e. The second-order valence-electron chi connectivity index (χ2n) is 9.06. The van der Waals surface area contributed by atoms with Crippen LogP contribution in [0.2, 0.25) is 0 Å². The molecule has 1 heterocycles. The van der Waals surface area contributed by atoms with Crippen LogP contribution >= 0.6 is 11.3 Å². The number of nitrogens with one attached hydrogen (secondary N) is 2. The van der Waals surface area contributed by atoms with Crippen molar-refractivity contribution >= 4 is 34.4 Å². The first-order chi connectivity index (χ1) is 16.7. The lowest BCUT2D eigenvalue weighted by atomic mass is 9.90. The van der Waals surface area contributed by atoms with Crippen LogP contribution in [0.15, 0.2) is 53.9 Å². The van der Waals surface area contributed by atoms with Gasteiger partial charge in [0.2, 0.25) is 5.91 Å². The van der Waals surface area contributed by atoms with Crippen molar-refractivity contribution in [3.8, 4) is 11.1 Å². The van der Waals surface area contributed by atoms with Crippen LogP contribution in [-0.4, -0.2) is 41.2 Å². The summed E-state index contributed by atoms with van der Waals surface area (Å²) < 4.78 is 5.53. The smallest absolute Gasteiger partial charge is 0.413 e. The highest BCUT2D eigenvalue weighted by atomic mass is 32.1. The molecule has 1 aliphatic carbocycles. The van der Waals surface area contributed by atoms with Gasteiger partial charge >= 0.3 is 12.1 Å². The van der Waals surface area contributed by atoms with E-state index >= 15 is 0 Å². The molecule has 0 radical (unpaired) electrons. The predicted octanol–water partition coefficient (Wildman–Crippen LogP) is 4.66. The predicted molar refractivity (Wildman–Crippen MR) is 134 cm³/mol. The van der Waals surface area contributed by atoms with Crippen molar-refractivity contribution < 1.29 is 24.2 Å². The van der Waals surface area contributed by atoms with Crippen LogP contribution in [0, 0.1) is 5.41 Å². The summed E-state index contributed by atoms with van der Waals surface area (Å²) in [6.07, 6.45) is -0.246. The summed E-state index contributed by atoms with van der Waals surface area (Å²) in [5, 5.41) is 16.5. The summed E-state index contributed by atoms with van der Waals surface area (Å²) in [4.78, 5) is 40.0. The van der Waals surface area contributed by atoms with E-state index in [2.05, 4.69) is 39.9 Å². The number of amides is 2. The molecule has 0 saturated carbocycles. The molecule has 182 valence electrons. The van der Waals surface area contributed by atoms with Crippen LogP contribution in [0.4, 0.5) is 9.93 Å². The summed E-state index contributed by atoms with van der Waals surface area (Å²) >= 11 is 1.21. The van der Waals surface area contributed by atoms with Crippen molar-refractivity contribution in [2.45, 2.75) is 32.6 Å². The molecule has 4 rings (SSSR count). The van der Waals surface area contributed by atoms with Gasteiger partial charge in [-0.3, -0.25) is 14.9 Å². The standard InChI is InChI=1S/C26H27N3O5S/c1-26(2,23(31)32)11-12-27-22(30)13-16-15-35-24(28-16)29-25(33)34-14-21-19-9-5-3-7-17(19)18-8-4-6-10-20(18)21/h3-10,15,21H,11-14H2,1-2H3,(H,27,30)(H,31,32)(H,28,29,33). The van der Waals surface area contributed by atoms with Gasteiger partial charge in [-0.2, -0.15) is 0 Å². The molecule has 0 saturated heterocycles. The van der Waals surface area contributed by atoms with Gasteiger partial charge in [-0.1, -0.05) is 48.5 Å². The third kappa shape index (κ3) is 5.68. The number of aliphatic carboxylic acids is 1. The van der Waals surface area contributed by atoms with E-state index in [0.29, 0.717) is 17.2 Å². The first kappa shape index (κ1) is 24.4. The summed E-state index contributed by atoms with van der Waals surface area (Å²) in [6.45, 7) is 3.69. The molecule has 2 amide bonds. The highest BCUT2D eigenvalue weighted by molar-refractivity contribution is 7.13. The maximum absolute atomic E-state index is 12.4. The van der Waals surface area contributed by atoms with Crippen molar-refractivity contribution in [1.82, 2.24) is 10.3 Å². The molecule has 0 spiro atoms. The minimum Gasteiger partial charge on any atom is -0.481 e. The van der Waals surface area contributed by atoms with Crippen molar-refractivity contribution in [3.63, 3.8) is 0 Å². The van der Waals surface area contributed by atoms with Crippen LogP contribution in [-0.2, 0) is 20.7 Å². The molecule has 0 bridgehead atoms. The van der Waals surface area contributed by atoms with Gasteiger partial charge in [-0.25, -0.2) is 9.78 Å². The van der Waals surface area contributed by atoms with E-state index in [-0.39, 0.29) is 31.4 Å². The maximum Gasteiger partial charge on any atom is 0.413 e. The average molecular weight is 494 g/mol. The minimum absolute atomic E-state index is 0.0326. The van der Waals surface area contributed by atoms with Crippen molar-refractivity contribution in [1.29, 1.82) is 0 Å². The number of hydrogen-bond donors (Lipinski definition) is 3. The van der Waals surface area contributed by atoms with Gasteiger partial charge in [0.1, 0.15) is 6.61 Å². The number of aromatic nitrogens is 1. The lowest BCUT2D eigenvalue weighted by Crippen LogP contribution is -2.32. The van der Waals surface area contributed by atoms with Gasteiger partial charge in [-0.15, -0.1) is 11.3 Å². The monoisotopic (exact) mass is 493 g/mol. The number of carboxylic acids is 1. The highest BCUT2D eigenvalue weighted by Crippen LogP contribution is 2.44. The Kier molecular flexibility index (Phi) is 7.16. The van der Waals surface area contributed by atoms with Gasteiger partial charge in [-0.05, 0) is 42.5 Å². The van der Waals surface area contributed by atoms with E-state index in [9.17, 15) is 14.4 Å². The van der Waals surface area contributed by atoms with E-state index in [0.717, 1.165) is 22.3 Å². The van der Waals surface area contributed by atoms with Gasteiger partial charge in [0.15, 0.2) is 5.13 Å². The number of fused-ring (bicyclic) bond motifs is 3. The molecule has 35 heavy (non-hydrogen) atoms. The fourth-order valence-corrected chi connectivity index (χ4v) is 4.71. The van der Waals surface area contributed by atoms with Crippen molar-refractivity contribution in [3.05, 3.63) is 70.7 Å². The molecule has 0 unspecified atom stereocenters. The summed E-state index contributed by atoms with van der Waals surface area (Å²) in [5.74, 6) is -1.20. The molecule has 0 atom stereocenters. The van der Waals surface area contributed by atoms with Crippen LogP contribution in [0.25, 0.3) is 11.1 Å². The van der Waals surface area contributed by atoms with Gasteiger partial charge in [0.25, 0.3) is 0 Å². The molecule has 2 aromatic carbocycles. The molecule has 3 aromatic rings. The number of anilines is 1. The lowest BCUT2D eigenvalue weighted by Gasteiger charge is -2.18. The molecule has 3 N–H and O–H groups in total. The van der Waals surface area contributed by atoms with Crippen LogP contribution in [0.1, 0.15) is 43.0 Å². The average Bonchev–Trinajstić information content (AvgIpc) is 3.39. The number of nitrogens with zero attached hydrogens (tertiary/aromatic N) is 1. The zero-order valence-electron chi connectivity index (χ0n) is 19.5. The number of benzene rings is 2. The van der Waals surface area contributed by atoms with E-state index < -0.39 is 17.5 Å². The lowest BCUT2D eigenvalue weighted by molar-refractivity contribution is -0.147. The Labute approximate surface area is 207 Å². The molecule has 1 aliphatic rings. The van der Waals surface area contributed by atoms with E-state index in [4.69, 9.17) is 9.84 Å². The quantitative estimate of drug-likeness (QED) is 0.399. The zero-order valence-corrected chi connectivity index (χ0v) is 20.4. The minimum atomic E-state index is -0.909. The Morgan fingerprint density at radius 1 is 1.06 bits per heavy atom. The van der Waals surface area contributed by atoms with Gasteiger partial charge in [0.05, 0.1) is 17.5 Å². The van der Waals surface area contributed by atoms with Crippen molar-refractivity contribution in [2.75, 3.05) is 18.5 Å². The second kappa shape index (κ2) is 10.3. The highest BCUT2D eigenvalue weighted by Gasteiger charge is 2.29. The number of thiazole rings is 1. The number of carbonyl (C=O) groups excluding carboxylic acids is 2. The third-order valence-electron chi connectivity index (χ3n) is 6.10. The Balaban J connectivity index is 1.27. The van der Waals surface area contributed by atoms with Crippen LogP contribution < -0.4 is 10.6 Å². The number of carboxylic acid groups (broad SMARTS) is 1. The topological polar surface area (TPSA) is 118 Å². The van der Waals surface area contributed by atoms with Crippen LogP contribution in [0.5, 0.6) is 0 Å². The summed E-state index contributed by atoms with van der Waals surface area (Å²) in [7, 11) is 0. The van der Waals surface area contributed by atoms with Gasteiger partial charge < -0.3 is 15.2 Å². The maximum atomic E-state index is 12.4. The van der Waals surface area contributed by atoms with Crippen LogP contribution in [0.3, 0.4) is 0 Å². The molecule has 0 aliphatic heterocycles. The van der Waals surface area contributed by atoms with Crippen molar-refractivity contribution in [2.24, 2.45) is 5.41 Å².